The van der Waals surface area contributed by atoms with Crippen LogP contribution in [-0.4, -0.2) is 11.2 Å². The summed E-state index contributed by atoms with van der Waals surface area (Å²) in [4.78, 5) is 0. The van der Waals surface area contributed by atoms with Gasteiger partial charge < -0.3 is 5.11 Å². The zero-order valence-electron chi connectivity index (χ0n) is 10.9. The largest absolute Gasteiger partial charge is 0.393 e. The molecule has 0 amide bonds. The average molecular weight is 212 g/mol. The Kier molecular flexibility index (Phi) is 5.11. The van der Waals surface area contributed by atoms with Crippen molar-refractivity contribution in [2.24, 2.45) is 23.7 Å². The Balaban J connectivity index is 2.30. The topological polar surface area (TPSA) is 20.2 Å². The van der Waals surface area contributed by atoms with Crippen molar-refractivity contribution in [1.29, 1.82) is 0 Å². The van der Waals surface area contributed by atoms with Crippen LogP contribution in [0.15, 0.2) is 0 Å². The van der Waals surface area contributed by atoms with Crippen molar-refractivity contribution >= 4 is 0 Å². The molecule has 0 spiro atoms. The van der Waals surface area contributed by atoms with Gasteiger partial charge in [0.25, 0.3) is 0 Å². The van der Waals surface area contributed by atoms with Crippen LogP contribution in [0.1, 0.15) is 59.8 Å². The lowest BCUT2D eigenvalue weighted by Gasteiger charge is -2.34. The van der Waals surface area contributed by atoms with E-state index in [4.69, 9.17) is 0 Å². The lowest BCUT2D eigenvalue weighted by molar-refractivity contribution is 0.0471. The van der Waals surface area contributed by atoms with Gasteiger partial charge in [-0.05, 0) is 49.4 Å². The average Bonchev–Trinajstić information content (AvgIpc) is 2.18. The van der Waals surface area contributed by atoms with E-state index >= 15 is 0 Å². The van der Waals surface area contributed by atoms with E-state index in [9.17, 15) is 5.11 Å². The first-order valence-electron chi connectivity index (χ1n) is 6.68. The number of hydrogen-bond donors (Lipinski definition) is 1. The number of hydrogen-bond acceptors (Lipinski definition) is 1. The second kappa shape index (κ2) is 5.89. The molecule has 1 nitrogen and oxygen atoms in total. The zero-order valence-corrected chi connectivity index (χ0v) is 10.9. The molecule has 1 fully saturated rings. The number of rotatable bonds is 4. The molecule has 0 aromatic heterocycles. The number of aliphatic hydroxyl groups excluding tert-OH is 1. The second-order valence-corrected chi connectivity index (χ2v) is 6.07. The van der Waals surface area contributed by atoms with E-state index < -0.39 is 0 Å². The van der Waals surface area contributed by atoms with E-state index in [1.165, 1.54) is 25.7 Å². The molecule has 1 saturated carbocycles. The normalized spacial score (nSPS) is 34.4. The SMILES string of the molecule is CC(C)CCC(O)C1CCC(C)C(C)C1. The molecule has 0 saturated heterocycles. The summed E-state index contributed by atoms with van der Waals surface area (Å²) in [6, 6.07) is 0. The third-order valence-corrected chi connectivity index (χ3v) is 4.22. The maximum atomic E-state index is 10.1. The van der Waals surface area contributed by atoms with Gasteiger partial charge in [0.05, 0.1) is 6.10 Å². The van der Waals surface area contributed by atoms with Crippen molar-refractivity contribution in [1.82, 2.24) is 0 Å². The molecule has 0 aromatic rings. The summed E-state index contributed by atoms with van der Waals surface area (Å²) < 4.78 is 0. The van der Waals surface area contributed by atoms with Crippen LogP contribution in [0.4, 0.5) is 0 Å². The quantitative estimate of drug-likeness (QED) is 0.750. The van der Waals surface area contributed by atoms with Gasteiger partial charge in [0.15, 0.2) is 0 Å². The lowest BCUT2D eigenvalue weighted by atomic mass is 9.73. The molecule has 1 aliphatic carbocycles. The Labute approximate surface area is 95.3 Å². The molecule has 0 heterocycles. The van der Waals surface area contributed by atoms with Gasteiger partial charge in [-0.2, -0.15) is 0 Å². The first-order valence-corrected chi connectivity index (χ1v) is 6.68. The van der Waals surface area contributed by atoms with Crippen molar-refractivity contribution in [3.8, 4) is 0 Å². The third-order valence-electron chi connectivity index (χ3n) is 4.22. The van der Waals surface area contributed by atoms with Crippen molar-refractivity contribution in [2.45, 2.75) is 65.9 Å². The molecular formula is C14H28O. The van der Waals surface area contributed by atoms with Crippen molar-refractivity contribution in [3.63, 3.8) is 0 Å². The molecule has 4 unspecified atom stereocenters. The Morgan fingerprint density at radius 1 is 1.07 bits per heavy atom. The Bertz CT molecular complexity index is 176. The van der Waals surface area contributed by atoms with Crippen molar-refractivity contribution < 1.29 is 5.11 Å². The van der Waals surface area contributed by atoms with Gasteiger partial charge >= 0.3 is 0 Å². The van der Waals surface area contributed by atoms with Crippen LogP contribution in [0.3, 0.4) is 0 Å². The summed E-state index contributed by atoms with van der Waals surface area (Å²) in [6.45, 7) is 9.16. The summed E-state index contributed by atoms with van der Waals surface area (Å²) in [6.07, 6.45) is 5.92. The Morgan fingerprint density at radius 2 is 1.73 bits per heavy atom. The second-order valence-electron chi connectivity index (χ2n) is 6.07. The van der Waals surface area contributed by atoms with E-state index in [2.05, 4.69) is 27.7 Å². The van der Waals surface area contributed by atoms with E-state index in [1.807, 2.05) is 0 Å². The van der Waals surface area contributed by atoms with Gasteiger partial charge in [-0.1, -0.05) is 34.1 Å². The molecular weight excluding hydrogens is 184 g/mol. The van der Waals surface area contributed by atoms with Gasteiger partial charge in [-0.15, -0.1) is 0 Å². The molecule has 0 aliphatic heterocycles. The minimum atomic E-state index is -0.0395. The molecule has 1 heteroatoms. The maximum Gasteiger partial charge on any atom is 0.0568 e. The predicted octanol–water partition coefficient (Wildman–Crippen LogP) is 3.86. The van der Waals surface area contributed by atoms with E-state index in [1.54, 1.807) is 0 Å². The van der Waals surface area contributed by atoms with Crippen LogP contribution >= 0.6 is 0 Å². The molecule has 1 aliphatic rings. The van der Waals surface area contributed by atoms with Crippen LogP contribution in [0.2, 0.25) is 0 Å². The molecule has 0 radical (unpaired) electrons. The Hall–Kier alpha value is -0.0400. The van der Waals surface area contributed by atoms with Gasteiger partial charge in [0, 0.05) is 0 Å². The minimum Gasteiger partial charge on any atom is -0.393 e. The fourth-order valence-corrected chi connectivity index (χ4v) is 2.68. The van der Waals surface area contributed by atoms with Crippen LogP contribution in [-0.2, 0) is 0 Å². The standard InChI is InChI=1S/C14H28O/c1-10(2)5-8-14(15)13-7-6-11(3)12(4)9-13/h10-15H,5-9H2,1-4H3. The third kappa shape index (κ3) is 4.14. The highest BCUT2D eigenvalue weighted by molar-refractivity contribution is 4.79. The highest BCUT2D eigenvalue weighted by Crippen LogP contribution is 2.36. The highest BCUT2D eigenvalue weighted by Gasteiger charge is 2.28. The fourth-order valence-electron chi connectivity index (χ4n) is 2.68. The minimum absolute atomic E-state index is 0.0395. The van der Waals surface area contributed by atoms with Crippen molar-refractivity contribution in [2.75, 3.05) is 0 Å². The molecule has 1 N–H and O–H groups in total. The van der Waals surface area contributed by atoms with Crippen LogP contribution < -0.4 is 0 Å². The monoisotopic (exact) mass is 212 g/mol. The summed E-state index contributed by atoms with van der Waals surface area (Å²) in [5.74, 6) is 2.96. The summed E-state index contributed by atoms with van der Waals surface area (Å²) in [7, 11) is 0. The zero-order chi connectivity index (χ0) is 11.4. The molecule has 90 valence electrons. The van der Waals surface area contributed by atoms with Crippen LogP contribution in [0.25, 0.3) is 0 Å². The van der Waals surface area contributed by atoms with Gasteiger partial charge in [0.1, 0.15) is 0 Å². The van der Waals surface area contributed by atoms with Crippen LogP contribution in [0.5, 0.6) is 0 Å². The van der Waals surface area contributed by atoms with E-state index in [-0.39, 0.29) is 6.10 Å². The molecule has 15 heavy (non-hydrogen) atoms. The van der Waals surface area contributed by atoms with Crippen molar-refractivity contribution in [3.05, 3.63) is 0 Å². The molecule has 0 bridgehead atoms. The summed E-state index contributed by atoms with van der Waals surface area (Å²) >= 11 is 0. The Morgan fingerprint density at radius 3 is 2.27 bits per heavy atom. The molecule has 4 atom stereocenters. The summed E-state index contributed by atoms with van der Waals surface area (Å²) in [5.41, 5.74) is 0. The van der Waals surface area contributed by atoms with Crippen LogP contribution in [0, 0.1) is 23.7 Å². The highest BCUT2D eigenvalue weighted by atomic mass is 16.3. The van der Waals surface area contributed by atoms with E-state index in [0.29, 0.717) is 5.92 Å². The first-order chi connectivity index (χ1) is 7.00. The number of aliphatic hydroxyl groups is 1. The molecule has 0 aromatic carbocycles. The van der Waals surface area contributed by atoms with Gasteiger partial charge in [-0.3, -0.25) is 0 Å². The lowest BCUT2D eigenvalue weighted by Crippen LogP contribution is -2.29. The van der Waals surface area contributed by atoms with Gasteiger partial charge in [-0.25, -0.2) is 0 Å². The molecule has 1 rings (SSSR count). The smallest absolute Gasteiger partial charge is 0.0568 e. The first kappa shape index (κ1) is 13.0. The summed E-state index contributed by atoms with van der Waals surface area (Å²) in [5, 5.41) is 10.1. The fraction of sp³-hybridized carbons (Fsp3) is 1.00. The van der Waals surface area contributed by atoms with E-state index in [0.717, 1.165) is 24.2 Å². The predicted molar refractivity (Wildman–Crippen MR) is 65.7 cm³/mol. The van der Waals surface area contributed by atoms with Gasteiger partial charge in [0.2, 0.25) is 0 Å². The maximum absolute atomic E-state index is 10.1.